The summed E-state index contributed by atoms with van der Waals surface area (Å²) in [5.74, 6) is 2.46. The second-order valence-electron chi connectivity index (χ2n) is 2.49. The van der Waals surface area contributed by atoms with Gasteiger partial charge in [-0.05, 0) is 0 Å². The van der Waals surface area contributed by atoms with Gasteiger partial charge in [-0.25, -0.2) is 0 Å². The van der Waals surface area contributed by atoms with E-state index in [4.69, 9.17) is 18.0 Å². The lowest BCUT2D eigenvalue weighted by Gasteiger charge is -2.26. The van der Waals surface area contributed by atoms with Crippen LogP contribution < -0.4 is 0 Å². The lowest BCUT2D eigenvalue weighted by atomic mass is 10.5. The Bertz CT molecular complexity index is 319. The van der Waals surface area contributed by atoms with E-state index in [0.717, 1.165) is 0 Å². The molecule has 2 atom stereocenters. The van der Waals surface area contributed by atoms with Crippen LogP contribution in [0.2, 0.25) is 0 Å². The molecule has 0 saturated heterocycles. The lowest BCUT2D eigenvalue weighted by molar-refractivity contribution is 0.393. The fraction of sp³-hybridized carbons (Fsp3) is 0.375. The summed E-state index contributed by atoms with van der Waals surface area (Å²) in [6.45, 7) is 0.359. The Morgan fingerprint density at radius 2 is 2.62 bits per heavy atom. The highest BCUT2D eigenvalue weighted by Crippen LogP contribution is 2.14. The molecule has 13 heavy (non-hydrogen) atoms. The number of aliphatic imine (C=N–C) groups is 1. The van der Waals surface area contributed by atoms with Gasteiger partial charge in [0.25, 0.3) is 0 Å². The molecule has 1 rings (SSSR count). The number of nitrogens with zero attached hydrogens (tertiary/aromatic N) is 2. The van der Waals surface area contributed by atoms with E-state index in [1.807, 2.05) is 0 Å². The highest BCUT2D eigenvalue weighted by Gasteiger charge is 2.20. The van der Waals surface area contributed by atoms with Crippen LogP contribution >= 0.6 is 11.6 Å². The van der Waals surface area contributed by atoms with Gasteiger partial charge in [0.1, 0.15) is 0 Å². The Balaban J connectivity index is 2.82. The molecule has 0 N–H and O–H groups in total. The van der Waals surface area contributed by atoms with Crippen molar-refractivity contribution >= 4 is 28.6 Å². The Kier molecular flexibility index (Phi) is 3.52. The normalized spacial score (nSPS) is 23.6. The standard InChI is InChI=1S/C8H9ClN2OS/c1-3-4-11-6-7(9)5-10-8(11)13(2)12/h1,5-6,8H,4H2,2H3. The summed E-state index contributed by atoms with van der Waals surface area (Å²) >= 11 is 5.72. The average molecular weight is 217 g/mol. The summed E-state index contributed by atoms with van der Waals surface area (Å²) in [4.78, 5) is 5.69. The second-order valence-corrected chi connectivity index (χ2v) is 4.35. The summed E-state index contributed by atoms with van der Waals surface area (Å²) in [7, 11) is -1.07. The fourth-order valence-electron chi connectivity index (χ4n) is 0.982. The number of halogens is 1. The predicted molar refractivity (Wildman–Crippen MR) is 55.8 cm³/mol. The third kappa shape index (κ3) is 2.58. The van der Waals surface area contributed by atoms with Crippen molar-refractivity contribution in [3.63, 3.8) is 0 Å². The van der Waals surface area contributed by atoms with Crippen LogP contribution in [0.25, 0.3) is 0 Å². The van der Waals surface area contributed by atoms with Crippen LogP contribution in [0, 0.1) is 12.3 Å². The molecule has 0 fully saturated rings. The van der Waals surface area contributed by atoms with Gasteiger partial charge in [-0.1, -0.05) is 17.5 Å². The Labute approximate surface area is 84.9 Å². The summed E-state index contributed by atoms with van der Waals surface area (Å²) in [5, 5.41) is 0.497. The van der Waals surface area contributed by atoms with Crippen LogP contribution in [0.3, 0.4) is 0 Å². The number of terminal acetylenes is 1. The van der Waals surface area contributed by atoms with E-state index in [1.54, 1.807) is 17.4 Å². The molecule has 0 aliphatic carbocycles. The Hall–Kier alpha value is -0.790. The SMILES string of the molecule is C#CCN1C=C(Cl)C=NC1S(C)=O. The molecule has 5 heteroatoms. The lowest BCUT2D eigenvalue weighted by Crippen LogP contribution is -2.35. The van der Waals surface area contributed by atoms with Gasteiger partial charge in [-0.2, -0.15) is 0 Å². The third-order valence-electron chi connectivity index (χ3n) is 1.47. The molecule has 3 nitrogen and oxygen atoms in total. The average Bonchev–Trinajstić information content (AvgIpc) is 2.04. The number of allylic oxidation sites excluding steroid dienone is 1. The van der Waals surface area contributed by atoms with Crippen molar-refractivity contribution in [1.29, 1.82) is 0 Å². The van der Waals surface area contributed by atoms with Crippen molar-refractivity contribution in [1.82, 2.24) is 4.90 Å². The van der Waals surface area contributed by atoms with Gasteiger partial charge in [-0.3, -0.25) is 9.20 Å². The molecule has 0 spiro atoms. The smallest absolute Gasteiger partial charge is 0.197 e. The van der Waals surface area contributed by atoms with Gasteiger partial charge in [0.2, 0.25) is 0 Å². The molecule has 0 aromatic rings. The minimum Gasteiger partial charge on any atom is -0.333 e. The maximum atomic E-state index is 11.2. The zero-order chi connectivity index (χ0) is 9.84. The Morgan fingerprint density at radius 1 is 1.92 bits per heavy atom. The Morgan fingerprint density at radius 3 is 3.15 bits per heavy atom. The monoisotopic (exact) mass is 216 g/mol. The molecule has 70 valence electrons. The van der Waals surface area contributed by atoms with E-state index in [0.29, 0.717) is 11.6 Å². The van der Waals surface area contributed by atoms with Crippen molar-refractivity contribution in [2.24, 2.45) is 4.99 Å². The fourth-order valence-corrected chi connectivity index (χ4v) is 1.91. The van der Waals surface area contributed by atoms with Gasteiger partial charge < -0.3 is 4.90 Å². The zero-order valence-corrected chi connectivity index (χ0v) is 8.68. The van der Waals surface area contributed by atoms with E-state index in [2.05, 4.69) is 10.9 Å². The number of rotatable bonds is 2. The first-order valence-corrected chi connectivity index (χ1v) is 5.57. The predicted octanol–water partition coefficient (Wildman–Crippen LogP) is 0.748. The third-order valence-corrected chi connectivity index (χ3v) is 2.65. The molecule has 0 radical (unpaired) electrons. The highest BCUT2D eigenvalue weighted by molar-refractivity contribution is 7.84. The molecule has 0 aromatic carbocycles. The van der Waals surface area contributed by atoms with Crippen LogP contribution in [0.1, 0.15) is 0 Å². The first kappa shape index (κ1) is 10.3. The van der Waals surface area contributed by atoms with Crippen molar-refractivity contribution in [3.8, 4) is 12.3 Å². The van der Waals surface area contributed by atoms with E-state index in [-0.39, 0.29) is 0 Å². The van der Waals surface area contributed by atoms with E-state index >= 15 is 0 Å². The quantitative estimate of drug-likeness (QED) is 0.639. The van der Waals surface area contributed by atoms with Gasteiger partial charge in [-0.15, -0.1) is 6.42 Å². The summed E-state index contributed by atoms with van der Waals surface area (Å²) in [6, 6.07) is 0. The van der Waals surface area contributed by atoms with E-state index < -0.39 is 16.3 Å². The zero-order valence-electron chi connectivity index (χ0n) is 7.11. The van der Waals surface area contributed by atoms with E-state index in [1.165, 1.54) is 6.21 Å². The summed E-state index contributed by atoms with van der Waals surface area (Å²) in [6.07, 6.45) is 9.87. The molecule has 0 bridgehead atoms. The topological polar surface area (TPSA) is 32.7 Å². The maximum Gasteiger partial charge on any atom is 0.197 e. The molecule has 1 aliphatic rings. The molecule has 2 unspecified atom stereocenters. The highest BCUT2D eigenvalue weighted by atomic mass is 35.5. The maximum absolute atomic E-state index is 11.2. The molecular formula is C8H9ClN2OS. The molecule has 0 saturated carbocycles. The largest absolute Gasteiger partial charge is 0.333 e. The number of hydrogen-bond donors (Lipinski definition) is 0. The van der Waals surface area contributed by atoms with Crippen LogP contribution in [0.15, 0.2) is 16.2 Å². The van der Waals surface area contributed by atoms with Crippen LogP contribution in [0.4, 0.5) is 0 Å². The first-order valence-electron chi connectivity index (χ1n) is 3.57. The minimum absolute atomic E-state index is 0.359. The summed E-state index contributed by atoms with van der Waals surface area (Å²) in [5.41, 5.74) is -0.404. The molecule has 1 aliphatic heterocycles. The van der Waals surface area contributed by atoms with Crippen molar-refractivity contribution in [2.45, 2.75) is 5.50 Å². The van der Waals surface area contributed by atoms with Crippen molar-refractivity contribution < 1.29 is 4.21 Å². The van der Waals surface area contributed by atoms with E-state index in [9.17, 15) is 4.21 Å². The summed E-state index contributed by atoms with van der Waals surface area (Å²) < 4.78 is 11.2. The van der Waals surface area contributed by atoms with Gasteiger partial charge in [0.05, 0.1) is 22.4 Å². The molecular weight excluding hydrogens is 208 g/mol. The molecule has 0 aromatic heterocycles. The second kappa shape index (κ2) is 4.45. The van der Waals surface area contributed by atoms with Crippen LogP contribution in [-0.4, -0.2) is 33.6 Å². The van der Waals surface area contributed by atoms with Crippen LogP contribution in [0.5, 0.6) is 0 Å². The van der Waals surface area contributed by atoms with Gasteiger partial charge in [0.15, 0.2) is 5.50 Å². The van der Waals surface area contributed by atoms with Gasteiger partial charge >= 0.3 is 0 Å². The van der Waals surface area contributed by atoms with Gasteiger partial charge in [0, 0.05) is 18.7 Å². The van der Waals surface area contributed by atoms with Crippen LogP contribution in [-0.2, 0) is 10.8 Å². The first-order chi connectivity index (χ1) is 6.15. The minimum atomic E-state index is -1.07. The molecule has 0 amide bonds. The molecule has 1 heterocycles. The van der Waals surface area contributed by atoms with Crippen molar-refractivity contribution in [3.05, 3.63) is 11.2 Å². The number of hydrogen-bond acceptors (Lipinski definition) is 3. The van der Waals surface area contributed by atoms with Crippen molar-refractivity contribution in [2.75, 3.05) is 12.8 Å².